The normalized spacial score (nSPS) is 18.6. The summed E-state index contributed by atoms with van der Waals surface area (Å²) in [6.07, 6.45) is -3.54. The smallest absolute Gasteiger partial charge is 0.366 e. The van der Waals surface area contributed by atoms with Crippen LogP contribution >= 0.6 is 0 Å². The van der Waals surface area contributed by atoms with Crippen molar-refractivity contribution < 1.29 is 22.9 Å². The van der Waals surface area contributed by atoms with E-state index >= 15 is 0 Å². The van der Waals surface area contributed by atoms with Gasteiger partial charge in [-0.15, -0.1) is 0 Å². The van der Waals surface area contributed by atoms with Gasteiger partial charge in [-0.1, -0.05) is 12.1 Å². The second-order valence-corrected chi connectivity index (χ2v) is 5.41. The third kappa shape index (κ3) is 4.33. The van der Waals surface area contributed by atoms with Gasteiger partial charge in [0.1, 0.15) is 5.69 Å². The van der Waals surface area contributed by atoms with E-state index in [1.807, 2.05) is 5.32 Å². The number of rotatable bonds is 4. The van der Waals surface area contributed by atoms with Gasteiger partial charge in [0.05, 0.1) is 4.92 Å². The minimum Gasteiger partial charge on any atom is -0.366 e. The number of para-hydroxylation sites is 2. The molecule has 23 heavy (non-hydrogen) atoms. The lowest BCUT2D eigenvalue weighted by Crippen LogP contribution is -2.44. The van der Waals surface area contributed by atoms with E-state index in [0.717, 1.165) is 0 Å². The molecular formula is C14H16F3N3O3. The van der Waals surface area contributed by atoms with Gasteiger partial charge in [-0.2, -0.15) is 13.2 Å². The number of benzene rings is 1. The number of nitrogens with one attached hydrogen (secondary N) is 1. The molecule has 1 heterocycles. The highest BCUT2D eigenvalue weighted by molar-refractivity contribution is 5.81. The molecule has 1 atom stereocenters. The Labute approximate surface area is 130 Å². The molecule has 1 aliphatic rings. The van der Waals surface area contributed by atoms with Crippen LogP contribution in [0.25, 0.3) is 0 Å². The molecule has 1 saturated heterocycles. The Kier molecular flexibility index (Phi) is 5.07. The van der Waals surface area contributed by atoms with Crippen LogP contribution in [0.3, 0.4) is 0 Å². The van der Waals surface area contributed by atoms with E-state index in [9.17, 15) is 28.1 Å². The second-order valence-electron chi connectivity index (χ2n) is 5.41. The number of nitro groups is 1. The molecule has 0 aromatic heterocycles. The maximum Gasteiger partial charge on any atom is 0.471 e. The molecule has 6 nitrogen and oxygen atoms in total. The van der Waals surface area contributed by atoms with Crippen molar-refractivity contribution in [2.75, 3.05) is 24.5 Å². The highest BCUT2D eigenvalue weighted by Crippen LogP contribution is 2.31. The van der Waals surface area contributed by atoms with E-state index in [4.69, 9.17) is 0 Å². The van der Waals surface area contributed by atoms with Gasteiger partial charge in [-0.25, -0.2) is 0 Å². The average Bonchev–Trinajstić information content (AvgIpc) is 2.52. The van der Waals surface area contributed by atoms with E-state index in [-0.39, 0.29) is 18.2 Å². The number of nitrogens with zero attached hydrogens (tertiary/aromatic N) is 2. The number of amides is 1. The van der Waals surface area contributed by atoms with Gasteiger partial charge in [-0.3, -0.25) is 14.9 Å². The Morgan fingerprint density at radius 3 is 2.74 bits per heavy atom. The number of nitro benzene ring substituents is 1. The van der Waals surface area contributed by atoms with Gasteiger partial charge in [0.25, 0.3) is 5.69 Å². The summed E-state index contributed by atoms with van der Waals surface area (Å²) in [7, 11) is 0. The maximum absolute atomic E-state index is 12.2. The van der Waals surface area contributed by atoms with Gasteiger partial charge >= 0.3 is 12.1 Å². The molecule has 126 valence electrons. The first-order chi connectivity index (χ1) is 10.8. The number of carbonyl (C=O) groups excluding carboxylic acids is 1. The molecule has 0 saturated carbocycles. The number of hydrogen-bond acceptors (Lipinski definition) is 4. The van der Waals surface area contributed by atoms with Crippen LogP contribution in [0.1, 0.15) is 12.8 Å². The highest BCUT2D eigenvalue weighted by atomic mass is 19.4. The summed E-state index contributed by atoms with van der Waals surface area (Å²) in [5, 5.41) is 12.9. The summed E-state index contributed by atoms with van der Waals surface area (Å²) in [5.41, 5.74) is 0.414. The van der Waals surface area contributed by atoms with E-state index in [1.54, 1.807) is 23.1 Å². The predicted octanol–water partition coefficient (Wildman–Crippen LogP) is 2.49. The summed E-state index contributed by atoms with van der Waals surface area (Å²) < 4.78 is 36.6. The molecule has 2 rings (SSSR count). The van der Waals surface area contributed by atoms with Crippen molar-refractivity contribution in [2.24, 2.45) is 5.92 Å². The van der Waals surface area contributed by atoms with Crippen LogP contribution in [0.15, 0.2) is 24.3 Å². The van der Waals surface area contributed by atoms with Gasteiger partial charge in [0.15, 0.2) is 0 Å². The molecule has 1 fully saturated rings. The van der Waals surface area contributed by atoms with Crippen molar-refractivity contribution >= 4 is 17.3 Å². The van der Waals surface area contributed by atoms with Crippen molar-refractivity contribution in [3.8, 4) is 0 Å². The first-order valence-corrected chi connectivity index (χ1v) is 7.12. The predicted molar refractivity (Wildman–Crippen MR) is 77.1 cm³/mol. The standard InChI is InChI=1S/C14H16F3N3O3/c15-14(16,17)13(21)18-8-10-4-3-7-19(9-10)11-5-1-2-6-12(11)20(22)23/h1-2,5-6,10H,3-4,7-9H2,(H,18,21). The van der Waals surface area contributed by atoms with E-state index in [0.29, 0.717) is 31.6 Å². The fraction of sp³-hybridized carbons (Fsp3) is 0.500. The fourth-order valence-electron chi connectivity index (χ4n) is 2.67. The van der Waals surface area contributed by atoms with Crippen molar-refractivity contribution in [3.05, 3.63) is 34.4 Å². The Hall–Kier alpha value is -2.32. The van der Waals surface area contributed by atoms with Gasteiger partial charge < -0.3 is 10.2 Å². The number of carbonyl (C=O) groups is 1. The largest absolute Gasteiger partial charge is 0.471 e. The van der Waals surface area contributed by atoms with E-state index in [2.05, 4.69) is 0 Å². The third-order valence-electron chi connectivity index (χ3n) is 3.75. The molecule has 1 aliphatic heterocycles. The fourth-order valence-corrected chi connectivity index (χ4v) is 2.67. The van der Waals surface area contributed by atoms with Gasteiger partial charge in [0, 0.05) is 25.7 Å². The molecule has 0 aliphatic carbocycles. The number of anilines is 1. The molecule has 9 heteroatoms. The van der Waals surface area contributed by atoms with Crippen LogP contribution < -0.4 is 10.2 Å². The quantitative estimate of drug-likeness (QED) is 0.679. The molecular weight excluding hydrogens is 315 g/mol. The first kappa shape index (κ1) is 17.0. The Bertz CT molecular complexity index is 592. The van der Waals surface area contributed by atoms with Crippen molar-refractivity contribution in [3.63, 3.8) is 0 Å². The van der Waals surface area contributed by atoms with Crippen LogP contribution in [-0.2, 0) is 4.79 Å². The van der Waals surface area contributed by atoms with E-state index in [1.165, 1.54) is 6.07 Å². The lowest BCUT2D eigenvalue weighted by atomic mass is 9.97. The second kappa shape index (κ2) is 6.84. The number of hydrogen-bond donors (Lipinski definition) is 1. The van der Waals surface area contributed by atoms with Crippen LogP contribution in [0.5, 0.6) is 0 Å². The molecule has 1 unspecified atom stereocenters. The summed E-state index contributed by atoms with van der Waals surface area (Å²) in [6.45, 7) is 0.854. The molecule has 1 amide bonds. The zero-order valence-electron chi connectivity index (χ0n) is 12.2. The summed E-state index contributed by atoms with van der Waals surface area (Å²) in [4.78, 5) is 23.2. The molecule has 0 spiro atoms. The molecule has 1 N–H and O–H groups in total. The highest BCUT2D eigenvalue weighted by Gasteiger charge is 2.38. The zero-order chi connectivity index (χ0) is 17.0. The summed E-state index contributed by atoms with van der Waals surface area (Å²) in [6, 6.07) is 6.25. The molecule has 0 bridgehead atoms. The van der Waals surface area contributed by atoms with Crippen LogP contribution in [0, 0.1) is 16.0 Å². The maximum atomic E-state index is 12.2. The van der Waals surface area contributed by atoms with Gasteiger partial charge in [0.2, 0.25) is 0 Å². The summed E-state index contributed by atoms with van der Waals surface area (Å²) >= 11 is 0. The molecule has 0 radical (unpaired) electrons. The summed E-state index contributed by atoms with van der Waals surface area (Å²) in [5.74, 6) is -2.14. The average molecular weight is 331 g/mol. The van der Waals surface area contributed by atoms with Crippen LogP contribution in [0.2, 0.25) is 0 Å². The topological polar surface area (TPSA) is 75.5 Å². The van der Waals surface area contributed by atoms with Crippen molar-refractivity contribution in [1.82, 2.24) is 5.32 Å². The lowest BCUT2D eigenvalue weighted by molar-refractivity contribution is -0.384. The lowest BCUT2D eigenvalue weighted by Gasteiger charge is -2.34. The minimum absolute atomic E-state index is 0.0347. The first-order valence-electron chi connectivity index (χ1n) is 7.12. The van der Waals surface area contributed by atoms with E-state index < -0.39 is 17.0 Å². The zero-order valence-corrected chi connectivity index (χ0v) is 12.2. The Morgan fingerprint density at radius 2 is 2.09 bits per heavy atom. The monoisotopic (exact) mass is 331 g/mol. The van der Waals surface area contributed by atoms with Crippen molar-refractivity contribution in [1.29, 1.82) is 0 Å². The van der Waals surface area contributed by atoms with Crippen LogP contribution in [0.4, 0.5) is 24.5 Å². The molecule has 1 aromatic rings. The Balaban J connectivity index is 2.02. The number of alkyl halides is 3. The van der Waals surface area contributed by atoms with Crippen LogP contribution in [-0.4, -0.2) is 36.6 Å². The Morgan fingerprint density at radius 1 is 1.39 bits per heavy atom. The van der Waals surface area contributed by atoms with Gasteiger partial charge in [-0.05, 0) is 24.8 Å². The minimum atomic E-state index is -4.90. The number of halogens is 3. The number of piperidine rings is 1. The SMILES string of the molecule is O=C(NCC1CCCN(c2ccccc2[N+](=O)[O-])C1)C(F)(F)F. The third-order valence-corrected chi connectivity index (χ3v) is 3.75. The van der Waals surface area contributed by atoms with Crippen molar-refractivity contribution in [2.45, 2.75) is 19.0 Å². The molecule has 1 aromatic carbocycles.